The summed E-state index contributed by atoms with van der Waals surface area (Å²) in [6.45, 7) is 0. The number of nitrogens with zero attached hydrogens (tertiary/aromatic N) is 1. The molecule has 3 rings (SSSR count). The van der Waals surface area contributed by atoms with Crippen molar-refractivity contribution >= 4 is 45.0 Å². The van der Waals surface area contributed by atoms with Crippen LogP contribution in [-0.2, 0) is 0 Å². The fourth-order valence-electron chi connectivity index (χ4n) is 2.06. The Labute approximate surface area is 122 Å². The van der Waals surface area contributed by atoms with Crippen molar-refractivity contribution in [3.05, 3.63) is 63.1 Å². The van der Waals surface area contributed by atoms with Crippen LogP contribution in [0.4, 0.5) is 5.69 Å². The molecule has 19 heavy (non-hydrogen) atoms. The predicted molar refractivity (Wildman–Crippen MR) is 76.7 cm³/mol. The minimum absolute atomic E-state index is 0.330. The minimum atomic E-state index is -0.352. The zero-order valence-electron chi connectivity index (χ0n) is 9.56. The summed E-state index contributed by atoms with van der Waals surface area (Å²) < 4.78 is 0.690. The van der Waals surface area contributed by atoms with Crippen LogP contribution in [0.5, 0.6) is 0 Å². The van der Waals surface area contributed by atoms with Gasteiger partial charge in [-0.3, -0.25) is 9.59 Å². The van der Waals surface area contributed by atoms with E-state index in [0.29, 0.717) is 26.3 Å². The third-order valence-electron chi connectivity index (χ3n) is 2.94. The molecule has 2 aromatic carbocycles. The molecule has 0 spiro atoms. The second-order valence-electron chi connectivity index (χ2n) is 4.09. The van der Waals surface area contributed by atoms with Crippen molar-refractivity contribution in [2.75, 3.05) is 4.90 Å². The van der Waals surface area contributed by atoms with Crippen LogP contribution in [-0.4, -0.2) is 11.8 Å². The first-order chi connectivity index (χ1) is 9.09. The number of amides is 2. The maximum atomic E-state index is 12.3. The van der Waals surface area contributed by atoms with Crippen molar-refractivity contribution in [1.29, 1.82) is 0 Å². The number of fused-ring (bicyclic) bond motifs is 1. The zero-order valence-corrected chi connectivity index (χ0v) is 11.9. The summed E-state index contributed by atoms with van der Waals surface area (Å²) in [6.07, 6.45) is 0. The van der Waals surface area contributed by atoms with E-state index < -0.39 is 0 Å². The van der Waals surface area contributed by atoms with E-state index >= 15 is 0 Å². The highest BCUT2D eigenvalue weighted by Gasteiger charge is 2.37. The van der Waals surface area contributed by atoms with Crippen LogP contribution >= 0.6 is 27.5 Å². The molecule has 0 aliphatic carbocycles. The first-order valence-electron chi connectivity index (χ1n) is 5.52. The van der Waals surface area contributed by atoms with Crippen molar-refractivity contribution in [3.63, 3.8) is 0 Å². The summed E-state index contributed by atoms with van der Waals surface area (Å²) in [5.41, 5.74) is 1.25. The normalized spacial score (nSPS) is 13.9. The molecule has 0 unspecified atom stereocenters. The van der Waals surface area contributed by atoms with Gasteiger partial charge in [-0.2, -0.15) is 0 Å². The molecule has 0 saturated heterocycles. The number of halogens is 2. The third kappa shape index (κ3) is 1.88. The summed E-state index contributed by atoms with van der Waals surface area (Å²) in [5.74, 6) is -0.682. The van der Waals surface area contributed by atoms with Gasteiger partial charge in [-0.25, -0.2) is 4.90 Å². The van der Waals surface area contributed by atoms with Crippen molar-refractivity contribution in [2.24, 2.45) is 0 Å². The molecule has 0 saturated carbocycles. The van der Waals surface area contributed by atoms with E-state index in [9.17, 15) is 9.59 Å². The van der Waals surface area contributed by atoms with Gasteiger partial charge in [0.15, 0.2) is 0 Å². The van der Waals surface area contributed by atoms with E-state index in [1.807, 2.05) is 6.07 Å². The van der Waals surface area contributed by atoms with Gasteiger partial charge < -0.3 is 0 Å². The molecular weight excluding hydrogens is 330 g/mol. The number of para-hydroxylation sites is 1. The molecule has 2 amide bonds. The van der Waals surface area contributed by atoms with E-state index in [0.717, 1.165) is 4.90 Å². The number of carbonyl (C=O) groups is 2. The van der Waals surface area contributed by atoms with Crippen LogP contribution in [0.1, 0.15) is 20.7 Å². The predicted octanol–water partition coefficient (Wildman–Crippen LogP) is 3.90. The number of benzene rings is 2. The lowest BCUT2D eigenvalue weighted by atomic mass is 10.1. The largest absolute Gasteiger partial charge is 0.268 e. The van der Waals surface area contributed by atoms with Gasteiger partial charge in [0.05, 0.1) is 16.8 Å². The summed E-state index contributed by atoms with van der Waals surface area (Å²) in [6, 6.07) is 11.8. The van der Waals surface area contributed by atoms with Crippen molar-refractivity contribution in [1.82, 2.24) is 0 Å². The number of hydrogen-bond donors (Lipinski definition) is 0. The number of imide groups is 1. The maximum Gasteiger partial charge on any atom is 0.266 e. The number of anilines is 1. The highest BCUT2D eigenvalue weighted by atomic mass is 79.9. The molecule has 1 aliphatic rings. The highest BCUT2D eigenvalue weighted by Crippen LogP contribution is 2.34. The minimum Gasteiger partial charge on any atom is -0.268 e. The van der Waals surface area contributed by atoms with E-state index in [-0.39, 0.29) is 11.8 Å². The van der Waals surface area contributed by atoms with Gasteiger partial charge in [-0.15, -0.1) is 0 Å². The highest BCUT2D eigenvalue weighted by molar-refractivity contribution is 9.10. The van der Waals surface area contributed by atoms with Crippen molar-refractivity contribution in [2.45, 2.75) is 0 Å². The molecule has 94 valence electrons. The molecule has 0 fully saturated rings. The first-order valence-corrected chi connectivity index (χ1v) is 6.69. The van der Waals surface area contributed by atoms with Crippen LogP contribution in [0.25, 0.3) is 0 Å². The Kier molecular flexibility index (Phi) is 2.92. The fraction of sp³-hybridized carbons (Fsp3) is 0. The van der Waals surface area contributed by atoms with E-state index in [1.54, 1.807) is 30.3 Å². The smallest absolute Gasteiger partial charge is 0.266 e. The molecule has 1 aliphatic heterocycles. The average molecular weight is 337 g/mol. The van der Waals surface area contributed by atoms with Crippen LogP contribution in [0.3, 0.4) is 0 Å². The van der Waals surface area contributed by atoms with Crippen LogP contribution in [0.15, 0.2) is 46.9 Å². The number of hydrogen-bond acceptors (Lipinski definition) is 2. The van der Waals surface area contributed by atoms with Gasteiger partial charge in [0, 0.05) is 9.50 Å². The Hall–Kier alpha value is -1.65. The molecule has 0 bridgehead atoms. The second-order valence-corrected chi connectivity index (χ2v) is 5.38. The molecule has 5 heteroatoms. The van der Waals surface area contributed by atoms with Crippen LogP contribution in [0, 0.1) is 0 Å². The quantitative estimate of drug-likeness (QED) is 0.741. The Morgan fingerprint density at radius 3 is 2.37 bits per heavy atom. The van der Waals surface area contributed by atoms with Crippen LogP contribution < -0.4 is 4.90 Å². The van der Waals surface area contributed by atoms with Crippen molar-refractivity contribution < 1.29 is 9.59 Å². The van der Waals surface area contributed by atoms with E-state index in [1.165, 1.54) is 6.07 Å². The Bertz CT molecular complexity index is 714. The lowest BCUT2D eigenvalue weighted by Crippen LogP contribution is -2.29. The summed E-state index contributed by atoms with van der Waals surface area (Å²) in [7, 11) is 0. The molecule has 0 radical (unpaired) electrons. The SMILES string of the molecule is O=C1c2ccc(Cl)cc2C(=O)N1c1ccccc1Br. The molecule has 2 aromatic rings. The Balaban J connectivity index is 2.16. The lowest BCUT2D eigenvalue weighted by Gasteiger charge is -2.15. The Morgan fingerprint density at radius 1 is 0.947 bits per heavy atom. The molecule has 0 N–H and O–H groups in total. The molecular formula is C14H7BrClNO2. The van der Waals surface area contributed by atoms with E-state index in [2.05, 4.69) is 15.9 Å². The second kappa shape index (κ2) is 4.47. The van der Waals surface area contributed by atoms with Crippen LogP contribution in [0.2, 0.25) is 5.02 Å². The molecule has 0 aromatic heterocycles. The topological polar surface area (TPSA) is 37.4 Å². The molecule has 1 heterocycles. The summed E-state index contributed by atoms with van der Waals surface area (Å²) in [4.78, 5) is 25.8. The van der Waals surface area contributed by atoms with Gasteiger partial charge in [0.25, 0.3) is 11.8 Å². The average Bonchev–Trinajstić information content (AvgIpc) is 2.63. The van der Waals surface area contributed by atoms with Gasteiger partial charge in [-0.05, 0) is 46.3 Å². The molecule has 3 nitrogen and oxygen atoms in total. The third-order valence-corrected chi connectivity index (χ3v) is 3.85. The Morgan fingerprint density at radius 2 is 1.63 bits per heavy atom. The lowest BCUT2D eigenvalue weighted by molar-refractivity contribution is 0.0926. The summed E-state index contributed by atoms with van der Waals surface area (Å²) >= 11 is 9.22. The fourth-order valence-corrected chi connectivity index (χ4v) is 2.70. The zero-order chi connectivity index (χ0) is 13.6. The van der Waals surface area contributed by atoms with Gasteiger partial charge in [0.2, 0.25) is 0 Å². The molecule has 0 atom stereocenters. The van der Waals surface area contributed by atoms with Gasteiger partial charge in [-0.1, -0.05) is 23.7 Å². The summed E-state index contributed by atoms with van der Waals surface area (Å²) in [5, 5.41) is 0.439. The van der Waals surface area contributed by atoms with Gasteiger partial charge in [0.1, 0.15) is 0 Å². The number of rotatable bonds is 1. The van der Waals surface area contributed by atoms with Crippen molar-refractivity contribution in [3.8, 4) is 0 Å². The number of carbonyl (C=O) groups excluding carboxylic acids is 2. The standard InChI is InChI=1S/C14H7BrClNO2/c15-11-3-1-2-4-12(11)17-13(18)9-6-5-8(16)7-10(9)14(17)19/h1-7H. The van der Waals surface area contributed by atoms with E-state index in [4.69, 9.17) is 11.6 Å². The first kappa shape index (κ1) is 12.4. The maximum absolute atomic E-state index is 12.3. The van der Waals surface area contributed by atoms with Gasteiger partial charge >= 0.3 is 0 Å². The monoisotopic (exact) mass is 335 g/mol.